The lowest BCUT2D eigenvalue weighted by atomic mass is 9.85. The molecule has 0 saturated heterocycles. The summed E-state index contributed by atoms with van der Waals surface area (Å²) >= 11 is 0. The maximum absolute atomic E-state index is 13.2. The molecular formula is C15H19ClF4N2O2. The van der Waals surface area contributed by atoms with Crippen LogP contribution in [0.5, 0.6) is 5.75 Å². The number of rotatable bonds is 4. The van der Waals surface area contributed by atoms with E-state index in [0.29, 0.717) is 12.8 Å². The molecule has 1 aromatic rings. The van der Waals surface area contributed by atoms with E-state index in [4.69, 9.17) is 5.73 Å². The van der Waals surface area contributed by atoms with E-state index < -0.39 is 18.6 Å². The van der Waals surface area contributed by atoms with Gasteiger partial charge in [-0.1, -0.05) is 6.42 Å². The number of benzene rings is 1. The standard InChI is InChI=1S/C15H18F4N2O2.ClH/c16-10-4-5-12(13(7-10)23-8-15(17,18)19)21-14(22)9-2-1-3-11(20)6-9;/h4-5,7,9,11H,1-3,6,8,20H2,(H,21,22);1H. The molecule has 1 aliphatic rings. The molecule has 0 aliphatic heterocycles. The van der Waals surface area contributed by atoms with Crippen molar-refractivity contribution in [3.63, 3.8) is 0 Å². The van der Waals surface area contributed by atoms with Crippen LogP contribution in [0.2, 0.25) is 0 Å². The van der Waals surface area contributed by atoms with Crippen LogP contribution < -0.4 is 15.8 Å². The largest absolute Gasteiger partial charge is 0.482 e. The number of alkyl halides is 3. The predicted molar refractivity (Wildman–Crippen MR) is 83.8 cm³/mol. The highest BCUT2D eigenvalue weighted by Crippen LogP contribution is 2.30. The van der Waals surface area contributed by atoms with Crippen LogP contribution in [0, 0.1) is 11.7 Å². The van der Waals surface area contributed by atoms with E-state index in [-0.39, 0.29) is 41.7 Å². The minimum absolute atomic E-state index is 0. The number of hydrogen-bond donors (Lipinski definition) is 2. The van der Waals surface area contributed by atoms with Crippen LogP contribution >= 0.6 is 12.4 Å². The summed E-state index contributed by atoms with van der Waals surface area (Å²) in [6.07, 6.45) is -1.70. The molecule has 0 aromatic heterocycles. The minimum atomic E-state index is -4.55. The van der Waals surface area contributed by atoms with Crippen molar-refractivity contribution in [2.24, 2.45) is 11.7 Å². The first kappa shape index (κ1) is 20.5. The molecule has 2 atom stereocenters. The van der Waals surface area contributed by atoms with E-state index >= 15 is 0 Å². The zero-order valence-corrected chi connectivity index (χ0v) is 13.6. The normalized spacial score (nSPS) is 20.9. The molecule has 0 heterocycles. The summed E-state index contributed by atoms with van der Waals surface area (Å²) in [5, 5.41) is 2.51. The van der Waals surface area contributed by atoms with Crippen molar-refractivity contribution in [1.29, 1.82) is 0 Å². The Balaban J connectivity index is 0.00000288. The summed E-state index contributed by atoms with van der Waals surface area (Å²) in [5.41, 5.74) is 5.84. The quantitative estimate of drug-likeness (QED) is 0.795. The van der Waals surface area contributed by atoms with Gasteiger partial charge in [0.05, 0.1) is 5.69 Å². The van der Waals surface area contributed by atoms with Crippen molar-refractivity contribution in [3.8, 4) is 5.75 Å². The van der Waals surface area contributed by atoms with Crippen molar-refractivity contribution in [3.05, 3.63) is 24.0 Å². The molecule has 3 N–H and O–H groups in total. The molecule has 1 saturated carbocycles. The summed E-state index contributed by atoms with van der Waals surface area (Å²) in [7, 11) is 0. The number of anilines is 1. The van der Waals surface area contributed by atoms with Gasteiger partial charge in [-0.05, 0) is 31.4 Å². The Hall–Kier alpha value is -1.54. The average molecular weight is 371 g/mol. The number of carbonyl (C=O) groups excluding carboxylic acids is 1. The molecule has 0 spiro atoms. The Labute approximate surface area is 143 Å². The third kappa shape index (κ3) is 6.16. The van der Waals surface area contributed by atoms with Gasteiger partial charge in [-0.2, -0.15) is 13.2 Å². The van der Waals surface area contributed by atoms with E-state index in [1.165, 1.54) is 6.07 Å². The Kier molecular flexibility index (Phi) is 7.28. The van der Waals surface area contributed by atoms with E-state index in [1.54, 1.807) is 0 Å². The fraction of sp³-hybridized carbons (Fsp3) is 0.533. The second kappa shape index (κ2) is 8.53. The average Bonchev–Trinajstić information content (AvgIpc) is 2.46. The first-order chi connectivity index (χ1) is 10.7. The molecule has 1 fully saturated rings. The van der Waals surface area contributed by atoms with Gasteiger partial charge < -0.3 is 15.8 Å². The number of hydrogen-bond acceptors (Lipinski definition) is 3. The molecular weight excluding hydrogens is 352 g/mol. The first-order valence-electron chi connectivity index (χ1n) is 7.30. The molecule has 0 bridgehead atoms. The Morgan fingerprint density at radius 1 is 1.33 bits per heavy atom. The van der Waals surface area contributed by atoms with E-state index in [0.717, 1.165) is 25.0 Å². The summed E-state index contributed by atoms with van der Waals surface area (Å²) in [4.78, 5) is 12.2. The highest BCUT2D eigenvalue weighted by molar-refractivity contribution is 5.94. The second-order valence-corrected chi connectivity index (χ2v) is 5.66. The summed E-state index contributed by atoms with van der Waals surface area (Å²) in [6, 6.07) is 2.98. The van der Waals surface area contributed by atoms with Crippen molar-refractivity contribution >= 4 is 24.0 Å². The van der Waals surface area contributed by atoms with E-state index in [2.05, 4.69) is 10.1 Å². The van der Waals surface area contributed by atoms with Crippen molar-refractivity contribution < 1.29 is 27.1 Å². The maximum Gasteiger partial charge on any atom is 0.422 e. The van der Waals surface area contributed by atoms with Gasteiger partial charge in [0.25, 0.3) is 0 Å². The molecule has 2 rings (SSSR count). The Morgan fingerprint density at radius 3 is 2.67 bits per heavy atom. The number of amides is 1. The molecule has 136 valence electrons. The lowest BCUT2D eigenvalue weighted by Crippen LogP contribution is -2.34. The molecule has 1 aliphatic carbocycles. The molecule has 4 nitrogen and oxygen atoms in total. The van der Waals surface area contributed by atoms with E-state index in [1.807, 2.05) is 0 Å². The number of nitrogens with one attached hydrogen (secondary N) is 1. The van der Waals surface area contributed by atoms with Gasteiger partial charge in [0.1, 0.15) is 11.6 Å². The van der Waals surface area contributed by atoms with Gasteiger partial charge in [-0.25, -0.2) is 4.39 Å². The van der Waals surface area contributed by atoms with Gasteiger partial charge in [0, 0.05) is 18.0 Å². The highest BCUT2D eigenvalue weighted by Gasteiger charge is 2.30. The van der Waals surface area contributed by atoms with Crippen molar-refractivity contribution in [2.45, 2.75) is 37.9 Å². The Bertz CT molecular complexity index is 569. The minimum Gasteiger partial charge on any atom is -0.482 e. The molecule has 9 heteroatoms. The fourth-order valence-electron chi connectivity index (χ4n) is 2.58. The third-order valence-electron chi connectivity index (χ3n) is 3.68. The van der Waals surface area contributed by atoms with Crippen molar-refractivity contribution in [1.82, 2.24) is 0 Å². The number of nitrogens with two attached hydrogens (primary N) is 1. The van der Waals surface area contributed by atoms with Crippen LogP contribution in [-0.4, -0.2) is 24.7 Å². The number of halogens is 5. The van der Waals surface area contributed by atoms with Gasteiger partial charge in [-0.15, -0.1) is 12.4 Å². The van der Waals surface area contributed by atoms with Crippen LogP contribution in [-0.2, 0) is 4.79 Å². The topological polar surface area (TPSA) is 64.4 Å². The predicted octanol–water partition coefficient (Wildman–Crippen LogP) is 3.64. The lowest BCUT2D eigenvalue weighted by molar-refractivity contribution is -0.153. The highest BCUT2D eigenvalue weighted by atomic mass is 35.5. The van der Waals surface area contributed by atoms with Crippen LogP contribution in [0.3, 0.4) is 0 Å². The van der Waals surface area contributed by atoms with Crippen LogP contribution in [0.4, 0.5) is 23.2 Å². The number of carbonyl (C=O) groups is 1. The smallest absolute Gasteiger partial charge is 0.422 e. The van der Waals surface area contributed by atoms with Crippen LogP contribution in [0.25, 0.3) is 0 Å². The SMILES string of the molecule is Cl.NC1CCCC(C(=O)Nc2ccc(F)cc2OCC(F)(F)F)C1. The van der Waals surface area contributed by atoms with Gasteiger partial charge in [0.2, 0.25) is 5.91 Å². The van der Waals surface area contributed by atoms with Gasteiger partial charge in [-0.3, -0.25) is 4.79 Å². The summed E-state index contributed by atoms with van der Waals surface area (Å²) in [5.74, 6) is -1.75. The third-order valence-corrected chi connectivity index (χ3v) is 3.68. The number of ether oxygens (including phenoxy) is 1. The summed E-state index contributed by atoms with van der Waals surface area (Å²) in [6.45, 7) is -1.56. The van der Waals surface area contributed by atoms with E-state index in [9.17, 15) is 22.4 Å². The molecule has 2 unspecified atom stereocenters. The van der Waals surface area contributed by atoms with Gasteiger partial charge in [0.15, 0.2) is 6.61 Å². The first-order valence-corrected chi connectivity index (χ1v) is 7.30. The van der Waals surface area contributed by atoms with Gasteiger partial charge >= 0.3 is 6.18 Å². The molecule has 0 radical (unpaired) electrons. The second-order valence-electron chi connectivity index (χ2n) is 5.66. The summed E-state index contributed by atoms with van der Waals surface area (Å²) < 4.78 is 54.6. The monoisotopic (exact) mass is 370 g/mol. The molecule has 1 amide bonds. The maximum atomic E-state index is 13.2. The zero-order chi connectivity index (χ0) is 17.0. The van der Waals surface area contributed by atoms with Crippen LogP contribution in [0.1, 0.15) is 25.7 Å². The zero-order valence-electron chi connectivity index (χ0n) is 12.7. The van der Waals surface area contributed by atoms with Crippen molar-refractivity contribution in [2.75, 3.05) is 11.9 Å². The molecule has 1 aromatic carbocycles. The van der Waals surface area contributed by atoms with Crippen LogP contribution in [0.15, 0.2) is 18.2 Å². The Morgan fingerprint density at radius 2 is 2.04 bits per heavy atom. The molecule has 24 heavy (non-hydrogen) atoms. The lowest BCUT2D eigenvalue weighted by Gasteiger charge is -2.26. The fourth-order valence-corrected chi connectivity index (χ4v) is 2.58.